The fraction of sp³-hybridized carbons (Fsp3) is 0.214. The van der Waals surface area contributed by atoms with E-state index in [2.05, 4.69) is 0 Å². The molecule has 0 aliphatic heterocycles. The minimum atomic E-state index is 0.0255. The minimum absolute atomic E-state index is 0.0255. The van der Waals surface area contributed by atoms with Gasteiger partial charge in [0.2, 0.25) is 0 Å². The van der Waals surface area contributed by atoms with Crippen molar-refractivity contribution in [2.45, 2.75) is 4.90 Å². The highest BCUT2D eigenvalue weighted by molar-refractivity contribution is 7.99. The molecule has 0 unspecified atom stereocenters. The van der Waals surface area contributed by atoms with Gasteiger partial charge in [0, 0.05) is 35.0 Å². The Morgan fingerprint density at radius 1 is 1.33 bits per heavy atom. The van der Waals surface area contributed by atoms with Crippen LogP contribution < -0.4 is 5.56 Å². The summed E-state index contributed by atoms with van der Waals surface area (Å²) in [6.07, 6.45) is 3.93. The van der Waals surface area contributed by atoms with Crippen molar-refractivity contribution >= 4 is 34.3 Å². The molecule has 0 amide bonds. The Morgan fingerprint density at radius 2 is 2.11 bits per heavy atom. The number of benzene rings is 1. The number of para-hydroxylation sites is 1. The number of alkyl halides is 1. The lowest BCUT2D eigenvalue weighted by Gasteiger charge is -2.08. The number of fused-ring (bicyclic) bond motifs is 1. The van der Waals surface area contributed by atoms with Crippen molar-refractivity contribution in [2.75, 3.05) is 11.6 Å². The third-order valence-corrected chi connectivity index (χ3v) is 3.89. The van der Waals surface area contributed by atoms with Crippen LogP contribution in [0.25, 0.3) is 10.9 Å². The number of nitrogens with zero attached hydrogens (tertiary/aromatic N) is 1. The van der Waals surface area contributed by atoms with Crippen LogP contribution in [-0.4, -0.2) is 16.2 Å². The molecule has 0 aliphatic carbocycles. The lowest BCUT2D eigenvalue weighted by Crippen LogP contribution is -2.16. The number of thioether (sulfide) groups is 1. The highest BCUT2D eigenvalue weighted by Gasteiger charge is 2.05. The van der Waals surface area contributed by atoms with Crippen molar-refractivity contribution < 1.29 is 0 Å². The van der Waals surface area contributed by atoms with E-state index in [1.165, 1.54) is 0 Å². The van der Waals surface area contributed by atoms with Crippen molar-refractivity contribution in [2.24, 2.45) is 7.05 Å². The second-order valence-corrected chi connectivity index (χ2v) is 5.23. The van der Waals surface area contributed by atoms with Gasteiger partial charge in [-0.25, -0.2) is 0 Å². The molecule has 0 spiro atoms. The highest BCUT2D eigenvalue weighted by Crippen LogP contribution is 2.25. The second-order valence-electron chi connectivity index (χ2n) is 3.86. The first kappa shape index (κ1) is 13.2. The van der Waals surface area contributed by atoms with E-state index in [-0.39, 0.29) is 5.56 Å². The summed E-state index contributed by atoms with van der Waals surface area (Å²) in [6.45, 7) is 0. The third-order valence-electron chi connectivity index (χ3n) is 2.71. The Morgan fingerprint density at radius 3 is 2.89 bits per heavy atom. The maximum Gasteiger partial charge on any atom is 0.251 e. The first-order valence-corrected chi connectivity index (χ1v) is 7.18. The summed E-state index contributed by atoms with van der Waals surface area (Å²) in [5, 5.41) is 1.11. The third kappa shape index (κ3) is 2.79. The highest BCUT2D eigenvalue weighted by atomic mass is 35.5. The molecule has 1 aromatic carbocycles. The van der Waals surface area contributed by atoms with Crippen molar-refractivity contribution in [1.82, 2.24) is 4.57 Å². The van der Waals surface area contributed by atoms with Gasteiger partial charge < -0.3 is 4.57 Å². The van der Waals surface area contributed by atoms with Gasteiger partial charge in [-0.15, -0.1) is 23.4 Å². The molecular weight excluding hydrogens is 266 g/mol. The number of hydrogen-bond acceptors (Lipinski definition) is 2. The van der Waals surface area contributed by atoms with Crippen LogP contribution in [0, 0.1) is 0 Å². The molecular formula is C14H14ClNOS. The van der Waals surface area contributed by atoms with Gasteiger partial charge in [0.25, 0.3) is 5.56 Å². The molecule has 0 atom stereocenters. The summed E-state index contributed by atoms with van der Waals surface area (Å²) in [4.78, 5) is 12.9. The molecule has 0 bridgehead atoms. The molecule has 0 fully saturated rings. The van der Waals surface area contributed by atoms with Crippen LogP contribution in [0.5, 0.6) is 0 Å². The fourth-order valence-corrected chi connectivity index (χ4v) is 2.82. The minimum Gasteiger partial charge on any atom is -0.311 e. The Bertz CT molecular complexity index is 633. The van der Waals surface area contributed by atoms with E-state index in [0.29, 0.717) is 5.88 Å². The number of rotatable bonds is 4. The van der Waals surface area contributed by atoms with E-state index in [1.54, 1.807) is 29.4 Å². The Labute approximate surface area is 115 Å². The molecule has 2 rings (SSSR count). The Kier molecular flexibility index (Phi) is 4.50. The number of hydrogen-bond donors (Lipinski definition) is 0. The predicted molar refractivity (Wildman–Crippen MR) is 79.8 cm³/mol. The van der Waals surface area contributed by atoms with Crippen LogP contribution in [0.4, 0.5) is 0 Å². The normalized spacial score (nSPS) is 11.4. The zero-order valence-corrected chi connectivity index (χ0v) is 11.7. The van der Waals surface area contributed by atoms with Gasteiger partial charge in [-0.1, -0.05) is 30.4 Å². The van der Waals surface area contributed by atoms with E-state index in [4.69, 9.17) is 11.6 Å². The lowest BCUT2D eigenvalue weighted by atomic mass is 10.2. The van der Waals surface area contributed by atoms with Crippen molar-refractivity contribution in [3.63, 3.8) is 0 Å². The van der Waals surface area contributed by atoms with Crippen LogP contribution >= 0.6 is 23.4 Å². The maximum absolute atomic E-state index is 11.9. The zero-order chi connectivity index (χ0) is 13.0. The van der Waals surface area contributed by atoms with Crippen LogP contribution in [-0.2, 0) is 7.05 Å². The zero-order valence-electron chi connectivity index (χ0n) is 10.1. The van der Waals surface area contributed by atoms with Crippen LogP contribution in [0.2, 0.25) is 0 Å². The molecule has 0 N–H and O–H groups in total. The number of aromatic nitrogens is 1. The molecule has 0 aliphatic rings. The topological polar surface area (TPSA) is 22.0 Å². The molecule has 2 aromatic rings. The molecule has 2 nitrogen and oxygen atoms in total. The van der Waals surface area contributed by atoms with Crippen molar-refractivity contribution in [1.29, 1.82) is 0 Å². The van der Waals surface area contributed by atoms with Crippen LogP contribution in [0.1, 0.15) is 0 Å². The van der Waals surface area contributed by atoms with Gasteiger partial charge in [-0.05, 0) is 6.07 Å². The standard InChI is InChI=1S/C14H14ClNOS/c1-16-12-7-3-2-6-11(12)13(10-14(16)17)18-9-5-4-8-15/h2-7,10H,8-9H2,1H3/b5-4-. The summed E-state index contributed by atoms with van der Waals surface area (Å²) in [6, 6.07) is 9.65. The molecule has 0 saturated carbocycles. The lowest BCUT2D eigenvalue weighted by molar-refractivity contribution is 0.898. The van der Waals surface area contributed by atoms with Crippen LogP contribution in [0.3, 0.4) is 0 Å². The van der Waals surface area contributed by atoms with E-state index in [9.17, 15) is 4.79 Å². The maximum atomic E-state index is 11.9. The molecule has 0 radical (unpaired) electrons. The molecule has 4 heteroatoms. The number of halogens is 1. The smallest absolute Gasteiger partial charge is 0.251 e. The molecule has 1 aromatic heterocycles. The largest absolute Gasteiger partial charge is 0.311 e. The quantitative estimate of drug-likeness (QED) is 0.486. The number of aryl methyl sites for hydroxylation is 1. The van der Waals surface area contributed by atoms with E-state index in [1.807, 2.05) is 36.4 Å². The first-order valence-electron chi connectivity index (χ1n) is 5.66. The predicted octanol–water partition coefficient (Wildman–Crippen LogP) is 3.43. The average Bonchev–Trinajstić information content (AvgIpc) is 2.40. The van der Waals surface area contributed by atoms with E-state index in [0.717, 1.165) is 21.6 Å². The van der Waals surface area contributed by atoms with Gasteiger partial charge in [-0.2, -0.15) is 0 Å². The monoisotopic (exact) mass is 279 g/mol. The summed E-state index contributed by atoms with van der Waals surface area (Å²) in [5.41, 5.74) is 0.992. The Hall–Kier alpha value is -1.19. The van der Waals surface area contributed by atoms with Gasteiger partial charge in [0.1, 0.15) is 0 Å². The van der Waals surface area contributed by atoms with E-state index >= 15 is 0 Å². The first-order chi connectivity index (χ1) is 8.74. The SMILES string of the molecule is Cn1c(=O)cc(SC/C=C\CCl)c2ccccc21. The number of allylic oxidation sites excluding steroid dienone is 1. The van der Waals surface area contributed by atoms with Crippen molar-refractivity contribution in [3.05, 3.63) is 52.8 Å². The fourth-order valence-electron chi connectivity index (χ4n) is 1.77. The van der Waals surface area contributed by atoms with E-state index < -0.39 is 0 Å². The van der Waals surface area contributed by atoms with Gasteiger partial charge in [-0.3, -0.25) is 4.79 Å². The molecule has 94 valence electrons. The molecule has 18 heavy (non-hydrogen) atoms. The summed E-state index contributed by atoms with van der Waals surface area (Å²) < 4.78 is 1.67. The summed E-state index contributed by atoms with van der Waals surface area (Å²) in [5.74, 6) is 1.35. The second kappa shape index (κ2) is 6.12. The van der Waals surface area contributed by atoms with Crippen LogP contribution in [0.15, 0.2) is 52.2 Å². The Balaban J connectivity index is 2.41. The van der Waals surface area contributed by atoms with Gasteiger partial charge >= 0.3 is 0 Å². The van der Waals surface area contributed by atoms with Gasteiger partial charge in [0.15, 0.2) is 0 Å². The summed E-state index contributed by atoms with van der Waals surface area (Å²) >= 11 is 7.23. The average molecular weight is 280 g/mol. The molecule has 1 heterocycles. The summed E-state index contributed by atoms with van der Waals surface area (Å²) in [7, 11) is 1.80. The number of pyridine rings is 1. The van der Waals surface area contributed by atoms with Crippen molar-refractivity contribution in [3.8, 4) is 0 Å². The van der Waals surface area contributed by atoms with Gasteiger partial charge in [0.05, 0.1) is 5.52 Å². The molecule has 0 saturated heterocycles.